The number of anilines is 1. The summed E-state index contributed by atoms with van der Waals surface area (Å²) < 4.78 is 51.9. The SMILES string of the molecule is Cc1cc(NC(=O)OC(C)(C)C)nc(C)c1CNC(=O)c1oc(Cc2ccc3ncc(Cl)cc3c2)nc1C(F)(F)F. The Bertz CT molecular complexity index is 1610. The molecule has 0 atom stereocenters. The maximum Gasteiger partial charge on any atom is 0.437 e. The number of nitrogens with one attached hydrogen (secondary N) is 2. The van der Waals surface area contributed by atoms with Crippen molar-refractivity contribution in [2.24, 2.45) is 0 Å². The van der Waals surface area contributed by atoms with Gasteiger partial charge in [0.05, 0.1) is 10.5 Å². The van der Waals surface area contributed by atoms with Crippen LogP contribution in [-0.4, -0.2) is 32.6 Å². The topological polar surface area (TPSA) is 119 Å². The molecule has 0 aliphatic rings. The van der Waals surface area contributed by atoms with Crippen molar-refractivity contribution in [2.75, 3.05) is 5.32 Å². The van der Waals surface area contributed by atoms with Crippen LogP contribution in [-0.2, 0) is 23.9 Å². The van der Waals surface area contributed by atoms with Gasteiger partial charge in [0.2, 0.25) is 5.76 Å². The number of hydrogen-bond acceptors (Lipinski definition) is 7. The predicted octanol–water partition coefficient (Wildman–Crippen LogP) is 6.77. The van der Waals surface area contributed by atoms with Gasteiger partial charge in [0, 0.05) is 30.2 Å². The number of rotatable bonds is 6. The van der Waals surface area contributed by atoms with Crippen LogP contribution in [0.2, 0.25) is 5.02 Å². The van der Waals surface area contributed by atoms with E-state index in [1.807, 2.05) is 0 Å². The van der Waals surface area contributed by atoms with Gasteiger partial charge >= 0.3 is 12.3 Å². The molecule has 2 amide bonds. The molecule has 0 aliphatic carbocycles. The number of oxazole rings is 1. The Balaban J connectivity index is 1.51. The number of alkyl halides is 3. The summed E-state index contributed by atoms with van der Waals surface area (Å²) in [5.41, 5.74) is 0.802. The average Bonchev–Trinajstić information content (AvgIpc) is 3.26. The van der Waals surface area contributed by atoms with Crippen LogP contribution in [0.15, 0.2) is 40.9 Å². The summed E-state index contributed by atoms with van der Waals surface area (Å²) in [7, 11) is 0. The number of aryl methyl sites for hydroxylation is 2. The van der Waals surface area contributed by atoms with Gasteiger partial charge in [-0.05, 0) is 75.6 Å². The molecule has 0 spiro atoms. The Labute approximate surface area is 238 Å². The van der Waals surface area contributed by atoms with E-state index in [9.17, 15) is 22.8 Å². The van der Waals surface area contributed by atoms with Crippen molar-refractivity contribution in [3.05, 3.63) is 81.3 Å². The van der Waals surface area contributed by atoms with Crippen LogP contribution >= 0.6 is 11.6 Å². The van der Waals surface area contributed by atoms with Gasteiger partial charge in [-0.25, -0.2) is 14.8 Å². The summed E-state index contributed by atoms with van der Waals surface area (Å²) in [4.78, 5) is 37.0. The second-order valence-electron chi connectivity index (χ2n) is 10.3. The van der Waals surface area contributed by atoms with Crippen LogP contribution in [0.1, 0.15) is 65.3 Å². The third-order valence-electron chi connectivity index (χ3n) is 5.82. The Hall–Kier alpha value is -4.19. The molecule has 0 radical (unpaired) electrons. The fourth-order valence-electron chi connectivity index (χ4n) is 4.07. The van der Waals surface area contributed by atoms with Crippen LogP contribution in [0.25, 0.3) is 10.9 Å². The normalized spacial score (nSPS) is 11.9. The summed E-state index contributed by atoms with van der Waals surface area (Å²) in [6, 6.07) is 8.35. The Morgan fingerprint density at radius 3 is 2.46 bits per heavy atom. The van der Waals surface area contributed by atoms with E-state index in [0.717, 1.165) is 0 Å². The van der Waals surface area contributed by atoms with Gasteiger partial charge in [0.25, 0.3) is 5.91 Å². The molecule has 216 valence electrons. The van der Waals surface area contributed by atoms with Crippen molar-refractivity contribution in [1.29, 1.82) is 0 Å². The van der Waals surface area contributed by atoms with Gasteiger partial charge in [-0.2, -0.15) is 13.2 Å². The second kappa shape index (κ2) is 11.4. The first kappa shape index (κ1) is 29.8. The Morgan fingerprint density at radius 1 is 1.07 bits per heavy atom. The maximum absolute atomic E-state index is 13.8. The van der Waals surface area contributed by atoms with Crippen LogP contribution in [0, 0.1) is 13.8 Å². The van der Waals surface area contributed by atoms with Crippen molar-refractivity contribution in [3.8, 4) is 0 Å². The number of pyridine rings is 2. The molecule has 3 aromatic heterocycles. The maximum atomic E-state index is 13.8. The zero-order valence-electron chi connectivity index (χ0n) is 22.9. The number of hydrogen-bond donors (Lipinski definition) is 2. The van der Waals surface area contributed by atoms with Crippen molar-refractivity contribution in [1.82, 2.24) is 20.3 Å². The first-order valence-corrected chi connectivity index (χ1v) is 12.8. The molecule has 3 heterocycles. The van der Waals surface area contributed by atoms with Gasteiger partial charge < -0.3 is 14.5 Å². The molecule has 9 nitrogen and oxygen atoms in total. The molecule has 0 aliphatic heterocycles. The molecule has 4 rings (SSSR count). The van der Waals surface area contributed by atoms with Crippen LogP contribution in [0.3, 0.4) is 0 Å². The smallest absolute Gasteiger partial charge is 0.437 e. The lowest BCUT2D eigenvalue weighted by Crippen LogP contribution is -2.28. The molecule has 1 aromatic carbocycles. The number of aromatic nitrogens is 3. The lowest BCUT2D eigenvalue weighted by Gasteiger charge is -2.20. The van der Waals surface area contributed by atoms with Gasteiger partial charge in [-0.3, -0.25) is 15.1 Å². The van der Waals surface area contributed by atoms with Gasteiger partial charge in [-0.15, -0.1) is 0 Å². The van der Waals surface area contributed by atoms with E-state index in [-0.39, 0.29) is 24.7 Å². The van der Waals surface area contributed by atoms with E-state index in [2.05, 4.69) is 25.6 Å². The van der Waals surface area contributed by atoms with E-state index in [1.54, 1.807) is 65.0 Å². The van der Waals surface area contributed by atoms with Crippen LogP contribution < -0.4 is 10.6 Å². The monoisotopic (exact) mass is 589 g/mol. The molecular weight excluding hydrogens is 563 g/mol. The molecule has 0 saturated heterocycles. The van der Waals surface area contributed by atoms with Crippen molar-refractivity contribution in [3.63, 3.8) is 0 Å². The number of amides is 2. The van der Waals surface area contributed by atoms with Crippen molar-refractivity contribution in [2.45, 2.75) is 59.4 Å². The Kier molecular flexibility index (Phi) is 8.25. The average molecular weight is 590 g/mol. The third kappa shape index (κ3) is 7.51. The lowest BCUT2D eigenvalue weighted by molar-refractivity contribution is -0.141. The highest BCUT2D eigenvalue weighted by Crippen LogP contribution is 2.33. The van der Waals surface area contributed by atoms with E-state index in [1.165, 1.54) is 6.20 Å². The number of fused-ring (bicyclic) bond motifs is 1. The van der Waals surface area contributed by atoms with E-state index < -0.39 is 35.2 Å². The van der Waals surface area contributed by atoms with Gasteiger partial charge in [0.15, 0.2) is 11.6 Å². The summed E-state index contributed by atoms with van der Waals surface area (Å²) in [6.45, 7) is 8.40. The van der Waals surface area contributed by atoms with Crippen molar-refractivity contribution < 1.29 is 31.9 Å². The van der Waals surface area contributed by atoms with Crippen LogP contribution in [0.4, 0.5) is 23.8 Å². The Morgan fingerprint density at radius 2 is 1.80 bits per heavy atom. The summed E-state index contributed by atoms with van der Waals surface area (Å²) in [5, 5.41) is 6.11. The first-order valence-electron chi connectivity index (χ1n) is 12.5. The standard InChI is InChI=1S/C28H27ClF3N5O4/c1-14-8-21(36-26(39)41-27(3,4)5)35-15(2)19(14)13-34-25(38)23-24(28(30,31)32)37-22(40-23)10-16-6-7-20-17(9-16)11-18(29)12-33-20/h6-9,11-12H,10,13H2,1-5H3,(H,34,38)(H,35,36,39). The molecule has 41 heavy (non-hydrogen) atoms. The number of carbonyl (C=O) groups excluding carboxylic acids is 2. The summed E-state index contributed by atoms with van der Waals surface area (Å²) in [5.74, 6) is -2.07. The second-order valence-corrected chi connectivity index (χ2v) is 10.8. The minimum Gasteiger partial charge on any atom is -0.444 e. The molecule has 0 unspecified atom stereocenters. The number of carbonyl (C=O) groups is 2. The number of halogens is 4. The number of benzene rings is 1. The largest absolute Gasteiger partial charge is 0.444 e. The van der Waals surface area contributed by atoms with E-state index in [4.69, 9.17) is 20.8 Å². The highest BCUT2D eigenvalue weighted by Gasteiger charge is 2.41. The fraction of sp³-hybridized carbons (Fsp3) is 0.321. The summed E-state index contributed by atoms with van der Waals surface area (Å²) in [6.07, 6.45) is -4.20. The lowest BCUT2D eigenvalue weighted by atomic mass is 10.1. The molecule has 0 saturated carbocycles. The molecule has 4 aromatic rings. The fourth-order valence-corrected chi connectivity index (χ4v) is 4.24. The first-order chi connectivity index (χ1) is 19.1. The minimum atomic E-state index is -4.92. The van der Waals surface area contributed by atoms with Gasteiger partial charge in [0.1, 0.15) is 11.4 Å². The van der Waals surface area contributed by atoms with E-state index in [0.29, 0.717) is 38.3 Å². The highest BCUT2D eigenvalue weighted by atomic mass is 35.5. The van der Waals surface area contributed by atoms with Crippen molar-refractivity contribution >= 4 is 40.3 Å². The highest BCUT2D eigenvalue weighted by molar-refractivity contribution is 6.31. The summed E-state index contributed by atoms with van der Waals surface area (Å²) >= 11 is 5.99. The zero-order chi connectivity index (χ0) is 30.1. The number of nitrogens with zero attached hydrogens (tertiary/aromatic N) is 3. The molecule has 2 N–H and O–H groups in total. The molecule has 0 fully saturated rings. The third-order valence-corrected chi connectivity index (χ3v) is 6.03. The quantitative estimate of drug-likeness (QED) is 0.254. The molecule has 13 heteroatoms. The van der Waals surface area contributed by atoms with Gasteiger partial charge in [-0.1, -0.05) is 17.7 Å². The predicted molar refractivity (Wildman–Crippen MR) is 146 cm³/mol. The molecular formula is C28H27ClF3N5O4. The minimum absolute atomic E-state index is 0.0902. The zero-order valence-corrected chi connectivity index (χ0v) is 23.6. The number of ether oxygens (including phenoxy) is 1. The van der Waals surface area contributed by atoms with Crippen LogP contribution in [0.5, 0.6) is 0 Å². The molecule has 0 bridgehead atoms. The van der Waals surface area contributed by atoms with E-state index >= 15 is 0 Å².